The molecule has 0 saturated heterocycles. The van der Waals surface area contributed by atoms with Crippen molar-refractivity contribution in [3.05, 3.63) is 35.9 Å². The van der Waals surface area contributed by atoms with E-state index in [0.717, 1.165) is 38.5 Å². The van der Waals surface area contributed by atoms with Gasteiger partial charge in [0.05, 0.1) is 5.92 Å². The van der Waals surface area contributed by atoms with Crippen molar-refractivity contribution in [2.24, 2.45) is 17.6 Å². The smallest absolute Gasteiger partial charge is 0.309 e. The van der Waals surface area contributed by atoms with Gasteiger partial charge in [-0.15, -0.1) is 0 Å². The highest BCUT2D eigenvalue weighted by molar-refractivity contribution is 5.87. The second-order valence-electron chi connectivity index (χ2n) is 8.42. The minimum Gasteiger partial charge on any atom is -0.449 e. The topological polar surface area (TPSA) is 72.6 Å². The number of rotatable bonds is 6. The van der Waals surface area contributed by atoms with E-state index in [0.29, 0.717) is 18.8 Å². The summed E-state index contributed by atoms with van der Waals surface area (Å²) in [5.74, 6) is -0.372. The van der Waals surface area contributed by atoms with Crippen LogP contribution < -0.4 is 5.73 Å². The number of nitrogens with zero attached hydrogens (tertiary/aromatic N) is 1. The number of esters is 1. The number of hydrogen-bond acceptors (Lipinski definition) is 4. The summed E-state index contributed by atoms with van der Waals surface area (Å²) < 4.78 is 5.79. The number of benzene rings is 1. The van der Waals surface area contributed by atoms with Gasteiger partial charge in [-0.25, -0.2) is 0 Å². The van der Waals surface area contributed by atoms with Crippen LogP contribution in [-0.4, -0.2) is 36.5 Å². The first-order valence-electron chi connectivity index (χ1n) is 10.2. The minimum atomic E-state index is -1.12. The van der Waals surface area contributed by atoms with E-state index in [4.69, 9.17) is 10.5 Å². The quantitative estimate of drug-likeness (QED) is 0.777. The van der Waals surface area contributed by atoms with Crippen LogP contribution in [0, 0.1) is 11.8 Å². The maximum atomic E-state index is 12.5. The Bertz CT molecular complexity index is 645. The monoisotopic (exact) mass is 372 g/mol. The number of hydrogen-bond donors (Lipinski definition) is 1. The van der Waals surface area contributed by atoms with Crippen LogP contribution in [0.2, 0.25) is 0 Å². The first-order valence-corrected chi connectivity index (χ1v) is 10.2. The third-order valence-corrected chi connectivity index (χ3v) is 6.42. The van der Waals surface area contributed by atoms with Gasteiger partial charge in [0.1, 0.15) is 0 Å². The lowest BCUT2D eigenvalue weighted by Crippen LogP contribution is -2.51. The van der Waals surface area contributed by atoms with Crippen LogP contribution in [0.15, 0.2) is 30.3 Å². The summed E-state index contributed by atoms with van der Waals surface area (Å²) >= 11 is 0. The Morgan fingerprint density at radius 2 is 1.67 bits per heavy atom. The van der Waals surface area contributed by atoms with Crippen molar-refractivity contribution >= 4 is 11.9 Å². The number of nitrogens with two attached hydrogens (primary N) is 1. The fourth-order valence-corrected chi connectivity index (χ4v) is 4.90. The average Bonchev–Trinajstić information content (AvgIpc) is 3.19. The molecule has 2 aliphatic rings. The maximum Gasteiger partial charge on any atom is 0.309 e. The van der Waals surface area contributed by atoms with E-state index in [9.17, 15) is 9.59 Å². The lowest BCUT2D eigenvalue weighted by Gasteiger charge is -2.42. The molecule has 1 unspecified atom stereocenters. The second-order valence-corrected chi connectivity index (χ2v) is 8.42. The van der Waals surface area contributed by atoms with Gasteiger partial charge in [-0.3, -0.25) is 9.59 Å². The fourth-order valence-electron chi connectivity index (χ4n) is 4.90. The Morgan fingerprint density at radius 1 is 1.07 bits per heavy atom. The average molecular weight is 373 g/mol. The van der Waals surface area contributed by atoms with Crippen LogP contribution in [0.1, 0.15) is 63.0 Å². The molecule has 2 aliphatic carbocycles. The van der Waals surface area contributed by atoms with Crippen molar-refractivity contribution in [2.75, 3.05) is 14.1 Å². The van der Waals surface area contributed by atoms with Crippen LogP contribution in [0.4, 0.5) is 0 Å². The van der Waals surface area contributed by atoms with E-state index in [1.807, 2.05) is 6.07 Å². The number of amides is 1. The van der Waals surface area contributed by atoms with Crippen molar-refractivity contribution in [1.29, 1.82) is 0 Å². The SMILES string of the molecule is CN(C)C(c1ccccc1)C1CCC(OC(=O)C2CCCC2)(C(N)=O)CC1. The van der Waals surface area contributed by atoms with Crippen LogP contribution in [0.25, 0.3) is 0 Å². The van der Waals surface area contributed by atoms with E-state index in [1.165, 1.54) is 5.56 Å². The Labute approximate surface area is 162 Å². The third-order valence-electron chi connectivity index (χ3n) is 6.42. The predicted molar refractivity (Wildman–Crippen MR) is 105 cm³/mol. The molecule has 0 radical (unpaired) electrons. The number of primary amides is 1. The molecule has 0 spiro atoms. The summed E-state index contributed by atoms with van der Waals surface area (Å²) in [4.78, 5) is 27.0. The Balaban J connectivity index is 1.70. The lowest BCUT2D eigenvalue weighted by molar-refractivity contribution is -0.176. The molecule has 1 aromatic carbocycles. The van der Waals surface area contributed by atoms with Crippen LogP contribution in [0.5, 0.6) is 0 Å². The molecule has 5 nitrogen and oxygen atoms in total. The summed E-state index contributed by atoms with van der Waals surface area (Å²) in [6, 6.07) is 10.7. The van der Waals surface area contributed by atoms with Gasteiger partial charge in [-0.2, -0.15) is 0 Å². The Morgan fingerprint density at radius 3 is 2.19 bits per heavy atom. The molecule has 5 heteroatoms. The van der Waals surface area contributed by atoms with Crippen LogP contribution in [-0.2, 0) is 14.3 Å². The van der Waals surface area contributed by atoms with E-state index in [1.54, 1.807) is 0 Å². The van der Waals surface area contributed by atoms with Gasteiger partial charge in [0.25, 0.3) is 5.91 Å². The van der Waals surface area contributed by atoms with Crippen molar-refractivity contribution < 1.29 is 14.3 Å². The molecule has 0 aliphatic heterocycles. The van der Waals surface area contributed by atoms with Gasteiger partial charge in [-0.1, -0.05) is 43.2 Å². The van der Waals surface area contributed by atoms with E-state index in [-0.39, 0.29) is 17.9 Å². The first kappa shape index (κ1) is 19.9. The molecule has 1 amide bonds. The summed E-state index contributed by atoms with van der Waals surface area (Å²) in [5.41, 5.74) is 5.87. The molecule has 148 valence electrons. The molecule has 1 atom stereocenters. The highest BCUT2D eigenvalue weighted by Gasteiger charge is 2.46. The minimum absolute atomic E-state index is 0.0576. The van der Waals surface area contributed by atoms with Gasteiger partial charge in [0.15, 0.2) is 5.60 Å². The molecular weight excluding hydrogens is 340 g/mol. The highest BCUT2D eigenvalue weighted by atomic mass is 16.6. The van der Waals surface area contributed by atoms with E-state index >= 15 is 0 Å². The van der Waals surface area contributed by atoms with Gasteiger partial charge >= 0.3 is 5.97 Å². The maximum absolute atomic E-state index is 12.5. The van der Waals surface area contributed by atoms with E-state index in [2.05, 4.69) is 43.3 Å². The van der Waals surface area contributed by atoms with Crippen molar-refractivity contribution in [2.45, 2.75) is 63.0 Å². The zero-order chi connectivity index (χ0) is 19.4. The summed E-state index contributed by atoms with van der Waals surface area (Å²) in [5, 5.41) is 0. The zero-order valence-electron chi connectivity index (χ0n) is 16.5. The summed E-state index contributed by atoms with van der Waals surface area (Å²) in [6.07, 6.45) is 6.53. The normalized spacial score (nSPS) is 27.4. The third kappa shape index (κ3) is 4.34. The number of carbonyl (C=O) groups excluding carboxylic acids is 2. The van der Waals surface area contributed by atoms with Gasteiger partial charge in [-0.05, 0) is 64.1 Å². The number of carbonyl (C=O) groups is 2. The second kappa shape index (κ2) is 8.42. The van der Waals surface area contributed by atoms with Crippen molar-refractivity contribution in [1.82, 2.24) is 4.90 Å². The van der Waals surface area contributed by atoms with Crippen LogP contribution in [0.3, 0.4) is 0 Å². The lowest BCUT2D eigenvalue weighted by atomic mass is 9.73. The molecular formula is C22H32N2O3. The van der Waals surface area contributed by atoms with Crippen LogP contribution >= 0.6 is 0 Å². The molecule has 0 bridgehead atoms. The van der Waals surface area contributed by atoms with Gasteiger partial charge in [0.2, 0.25) is 0 Å². The first-order chi connectivity index (χ1) is 12.9. The largest absolute Gasteiger partial charge is 0.449 e. The molecule has 2 fully saturated rings. The molecule has 1 aromatic rings. The highest BCUT2D eigenvalue weighted by Crippen LogP contribution is 2.43. The molecule has 27 heavy (non-hydrogen) atoms. The predicted octanol–water partition coefficient (Wildman–Crippen LogP) is 3.44. The molecule has 0 aromatic heterocycles. The van der Waals surface area contributed by atoms with Crippen molar-refractivity contribution in [3.63, 3.8) is 0 Å². The van der Waals surface area contributed by atoms with Crippen molar-refractivity contribution in [3.8, 4) is 0 Å². The molecule has 3 rings (SSSR count). The van der Waals surface area contributed by atoms with Gasteiger partial charge < -0.3 is 15.4 Å². The Kier molecular flexibility index (Phi) is 6.20. The summed E-state index contributed by atoms with van der Waals surface area (Å²) in [7, 11) is 4.18. The number of ether oxygens (including phenoxy) is 1. The van der Waals surface area contributed by atoms with E-state index < -0.39 is 11.5 Å². The molecule has 2 saturated carbocycles. The zero-order valence-corrected chi connectivity index (χ0v) is 16.5. The summed E-state index contributed by atoms with van der Waals surface area (Å²) in [6.45, 7) is 0. The van der Waals surface area contributed by atoms with Gasteiger partial charge in [0, 0.05) is 6.04 Å². The Hall–Kier alpha value is -1.88. The standard InChI is InChI=1S/C22H32N2O3/c1-24(2)19(16-8-4-3-5-9-16)17-12-14-22(15-13-17,21(23)26)27-20(25)18-10-6-7-11-18/h3-5,8-9,17-19H,6-7,10-15H2,1-2H3,(H2,23,26). The fraction of sp³-hybridized carbons (Fsp3) is 0.636. The molecule has 2 N–H and O–H groups in total. The molecule has 0 heterocycles.